The number of aromatic amines is 1. The Kier molecular flexibility index (Phi) is 4.50. The fourth-order valence-electron chi connectivity index (χ4n) is 2.27. The van der Waals surface area contributed by atoms with Crippen molar-refractivity contribution in [3.05, 3.63) is 41.9 Å². The number of hydrogen-bond donors (Lipinski definition) is 1. The molecule has 0 saturated carbocycles. The van der Waals surface area contributed by atoms with E-state index in [1.807, 2.05) is 42.3 Å². The maximum atomic E-state index is 5.75. The summed E-state index contributed by atoms with van der Waals surface area (Å²) >= 11 is 0. The number of methoxy groups -OCH3 is 1. The average molecular weight is 327 g/mol. The SMILES string of the molecule is COc1ccc(-c2nnc(CN(C)c3cc(C(C)C)[nH]n3)o2)cc1. The molecule has 1 aromatic carbocycles. The van der Waals surface area contributed by atoms with Crippen molar-refractivity contribution < 1.29 is 9.15 Å². The number of hydrogen-bond acceptors (Lipinski definition) is 6. The standard InChI is InChI=1S/C17H21N5O2/c1-11(2)14-9-15(19-18-14)22(3)10-16-20-21-17(24-16)12-5-7-13(23-4)8-6-12/h5-9,11H,10H2,1-4H3,(H,18,19). The van der Waals surface area contributed by atoms with Crippen LogP contribution in [0.4, 0.5) is 5.82 Å². The van der Waals surface area contributed by atoms with Crippen LogP contribution in [0.2, 0.25) is 0 Å². The molecular weight excluding hydrogens is 306 g/mol. The minimum Gasteiger partial charge on any atom is -0.497 e. The first-order valence-corrected chi connectivity index (χ1v) is 7.80. The van der Waals surface area contributed by atoms with Crippen LogP contribution in [-0.2, 0) is 6.54 Å². The van der Waals surface area contributed by atoms with Crippen LogP contribution in [-0.4, -0.2) is 34.6 Å². The van der Waals surface area contributed by atoms with Gasteiger partial charge in [-0.3, -0.25) is 5.10 Å². The van der Waals surface area contributed by atoms with Crippen LogP contribution in [0.25, 0.3) is 11.5 Å². The van der Waals surface area contributed by atoms with Crippen molar-refractivity contribution in [2.45, 2.75) is 26.3 Å². The third kappa shape index (κ3) is 3.40. The third-order valence-electron chi connectivity index (χ3n) is 3.77. The lowest BCUT2D eigenvalue weighted by atomic mass is 10.1. The Bertz CT molecular complexity index is 791. The number of anilines is 1. The number of aromatic nitrogens is 4. The van der Waals surface area contributed by atoms with Gasteiger partial charge in [-0.2, -0.15) is 5.10 Å². The normalized spacial score (nSPS) is 11.0. The molecule has 0 saturated heterocycles. The van der Waals surface area contributed by atoms with Crippen molar-refractivity contribution in [3.63, 3.8) is 0 Å². The second kappa shape index (κ2) is 6.74. The van der Waals surface area contributed by atoms with E-state index in [-0.39, 0.29) is 0 Å². The van der Waals surface area contributed by atoms with Crippen LogP contribution in [0.3, 0.4) is 0 Å². The van der Waals surface area contributed by atoms with Crippen LogP contribution < -0.4 is 9.64 Å². The molecule has 0 unspecified atom stereocenters. The van der Waals surface area contributed by atoms with Gasteiger partial charge in [-0.25, -0.2) is 0 Å². The summed E-state index contributed by atoms with van der Waals surface area (Å²) in [6, 6.07) is 9.54. The maximum absolute atomic E-state index is 5.75. The van der Waals surface area contributed by atoms with Crippen molar-refractivity contribution in [3.8, 4) is 17.2 Å². The Morgan fingerprint density at radius 2 is 1.96 bits per heavy atom. The lowest BCUT2D eigenvalue weighted by molar-refractivity contribution is 0.415. The molecule has 3 rings (SSSR count). The molecule has 0 aliphatic rings. The van der Waals surface area contributed by atoms with E-state index in [0.717, 1.165) is 22.8 Å². The van der Waals surface area contributed by atoms with Gasteiger partial charge in [0.05, 0.1) is 13.7 Å². The van der Waals surface area contributed by atoms with Crippen molar-refractivity contribution in [1.29, 1.82) is 0 Å². The first kappa shape index (κ1) is 16.0. The predicted octanol–water partition coefficient (Wildman–Crippen LogP) is 3.23. The van der Waals surface area contributed by atoms with Gasteiger partial charge in [0.1, 0.15) is 5.75 Å². The molecule has 0 atom stereocenters. The molecule has 0 spiro atoms. The van der Waals surface area contributed by atoms with E-state index in [1.165, 1.54) is 0 Å². The lowest BCUT2D eigenvalue weighted by Crippen LogP contribution is -2.16. The minimum atomic E-state index is 0.407. The zero-order chi connectivity index (χ0) is 17.1. The Labute approximate surface area is 140 Å². The Morgan fingerprint density at radius 3 is 2.58 bits per heavy atom. The van der Waals surface area contributed by atoms with Crippen molar-refractivity contribution >= 4 is 5.82 Å². The van der Waals surface area contributed by atoms with E-state index in [2.05, 4.69) is 34.2 Å². The molecule has 7 nitrogen and oxygen atoms in total. The van der Waals surface area contributed by atoms with Crippen LogP contribution in [0.1, 0.15) is 31.4 Å². The quantitative estimate of drug-likeness (QED) is 0.749. The molecule has 2 aromatic heterocycles. The average Bonchev–Trinajstić information content (AvgIpc) is 3.24. The Hall–Kier alpha value is -2.83. The zero-order valence-corrected chi connectivity index (χ0v) is 14.3. The van der Waals surface area contributed by atoms with E-state index < -0.39 is 0 Å². The first-order valence-electron chi connectivity index (χ1n) is 7.80. The number of ether oxygens (including phenoxy) is 1. The molecule has 0 radical (unpaired) electrons. The molecule has 0 fully saturated rings. The van der Waals surface area contributed by atoms with Gasteiger partial charge in [0, 0.05) is 24.4 Å². The van der Waals surface area contributed by atoms with Gasteiger partial charge >= 0.3 is 0 Å². The molecule has 126 valence electrons. The van der Waals surface area contributed by atoms with Crippen LogP contribution in [0, 0.1) is 0 Å². The largest absolute Gasteiger partial charge is 0.497 e. The smallest absolute Gasteiger partial charge is 0.247 e. The maximum Gasteiger partial charge on any atom is 0.247 e. The van der Waals surface area contributed by atoms with E-state index in [0.29, 0.717) is 24.2 Å². The predicted molar refractivity (Wildman–Crippen MR) is 91.1 cm³/mol. The number of nitrogens with zero attached hydrogens (tertiary/aromatic N) is 4. The summed E-state index contributed by atoms with van der Waals surface area (Å²) in [5, 5.41) is 15.6. The summed E-state index contributed by atoms with van der Waals surface area (Å²) in [5.41, 5.74) is 1.96. The van der Waals surface area contributed by atoms with Gasteiger partial charge < -0.3 is 14.1 Å². The lowest BCUT2D eigenvalue weighted by Gasteiger charge is -2.12. The van der Waals surface area contributed by atoms with Crippen LogP contribution >= 0.6 is 0 Å². The Morgan fingerprint density at radius 1 is 1.21 bits per heavy atom. The number of H-pyrrole nitrogens is 1. The summed E-state index contributed by atoms with van der Waals surface area (Å²) in [7, 11) is 3.58. The van der Waals surface area contributed by atoms with E-state index >= 15 is 0 Å². The van der Waals surface area contributed by atoms with Gasteiger partial charge in [-0.15, -0.1) is 10.2 Å². The summed E-state index contributed by atoms with van der Waals surface area (Å²) in [6.07, 6.45) is 0. The van der Waals surface area contributed by atoms with Crippen molar-refractivity contribution in [2.24, 2.45) is 0 Å². The summed E-state index contributed by atoms with van der Waals surface area (Å²) in [6.45, 7) is 4.73. The second-order valence-electron chi connectivity index (χ2n) is 5.92. The molecule has 0 bridgehead atoms. The fraction of sp³-hybridized carbons (Fsp3) is 0.353. The monoisotopic (exact) mass is 327 g/mol. The molecule has 0 aliphatic heterocycles. The molecule has 7 heteroatoms. The van der Waals surface area contributed by atoms with Gasteiger partial charge in [-0.1, -0.05) is 13.8 Å². The van der Waals surface area contributed by atoms with Crippen LogP contribution in [0.5, 0.6) is 5.75 Å². The van der Waals surface area contributed by atoms with E-state index in [4.69, 9.17) is 9.15 Å². The highest BCUT2D eigenvalue weighted by molar-refractivity contribution is 5.54. The first-order chi connectivity index (χ1) is 11.6. The number of rotatable bonds is 6. The van der Waals surface area contributed by atoms with Gasteiger partial charge in [0.15, 0.2) is 5.82 Å². The van der Waals surface area contributed by atoms with Crippen molar-refractivity contribution in [1.82, 2.24) is 20.4 Å². The summed E-state index contributed by atoms with van der Waals surface area (Å²) < 4.78 is 10.9. The molecule has 2 heterocycles. The minimum absolute atomic E-state index is 0.407. The molecule has 24 heavy (non-hydrogen) atoms. The summed E-state index contributed by atoms with van der Waals surface area (Å²) in [5.74, 6) is 3.08. The highest BCUT2D eigenvalue weighted by Crippen LogP contribution is 2.22. The number of benzene rings is 1. The Balaban J connectivity index is 1.70. The molecule has 1 N–H and O–H groups in total. The molecular formula is C17H21N5O2. The molecule has 3 aromatic rings. The molecule has 0 amide bonds. The highest BCUT2D eigenvalue weighted by Gasteiger charge is 2.14. The van der Waals surface area contributed by atoms with E-state index in [1.54, 1.807) is 7.11 Å². The van der Waals surface area contributed by atoms with E-state index in [9.17, 15) is 0 Å². The van der Waals surface area contributed by atoms with Gasteiger partial charge in [-0.05, 0) is 30.2 Å². The molecule has 0 aliphatic carbocycles. The van der Waals surface area contributed by atoms with Crippen molar-refractivity contribution in [2.75, 3.05) is 19.1 Å². The second-order valence-corrected chi connectivity index (χ2v) is 5.92. The highest BCUT2D eigenvalue weighted by atomic mass is 16.5. The zero-order valence-electron chi connectivity index (χ0n) is 14.3. The summed E-state index contributed by atoms with van der Waals surface area (Å²) in [4.78, 5) is 1.97. The fourth-order valence-corrected chi connectivity index (χ4v) is 2.27. The van der Waals surface area contributed by atoms with Gasteiger partial charge in [0.25, 0.3) is 0 Å². The third-order valence-corrected chi connectivity index (χ3v) is 3.77. The topological polar surface area (TPSA) is 80.1 Å². The number of nitrogens with one attached hydrogen (secondary N) is 1. The van der Waals surface area contributed by atoms with Gasteiger partial charge in [0.2, 0.25) is 11.8 Å². The van der Waals surface area contributed by atoms with Crippen LogP contribution in [0.15, 0.2) is 34.7 Å².